The van der Waals surface area contributed by atoms with Crippen LogP contribution in [0, 0.1) is 11.3 Å². The number of nitrogens with zero attached hydrogens (tertiary/aromatic N) is 2. The Hall–Kier alpha value is -4.05. The van der Waals surface area contributed by atoms with Gasteiger partial charge in [0.2, 0.25) is 5.91 Å². The Morgan fingerprint density at radius 2 is 1.71 bits per heavy atom. The quantitative estimate of drug-likeness (QED) is 0.202. The summed E-state index contributed by atoms with van der Waals surface area (Å²) < 4.78 is 32.7. The largest absolute Gasteiger partial charge is 0.370 e. The number of carbonyl (C=O) groups is 1. The molecule has 0 spiro atoms. The molecule has 0 bridgehead atoms. The van der Waals surface area contributed by atoms with Crippen molar-refractivity contribution in [2.45, 2.75) is 37.1 Å². The van der Waals surface area contributed by atoms with Crippen LogP contribution in [0.3, 0.4) is 0 Å². The van der Waals surface area contributed by atoms with Gasteiger partial charge in [0.05, 0.1) is 4.90 Å². The molecule has 0 radical (unpaired) electrons. The number of rotatable bonds is 8. The molecule has 1 aliphatic heterocycles. The summed E-state index contributed by atoms with van der Waals surface area (Å²) >= 11 is 0. The van der Waals surface area contributed by atoms with Crippen molar-refractivity contribution < 1.29 is 13.2 Å². The summed E-state index contributed by atoms with van der Waals surface area (Å²) in [6.45, 7) is 1.89. The number of hydrogen-bond donors (Lipinski definition) is 4. The maximum Gasteiger partial charge on any atom is 0.263 e. The minimum atomic E-state index is -3.99. The van der Waals surface area contributed by atoms with Crippen LogP contribution in [-0.4, -0.2) is 42.8 Å². The van der Waals surface area contributed by atoms with Crippen LogP contribution >= 0.6 is 0 Å². The molecule has 0 saturated carbocycles. The van der Waals surface area contributed by atoms with E-state index in [1.54, 1.807) is 18.2 Å². The van der Waals surface area contributed by atoms with Crippen molar-refractivity contribution in [3.05, 3.63) is 72.3 Å². The predicted molar refractivity (Wildman–Crippen MR) is 150 cm³/mol. The summed E-state index contributed by atoms with van der Waals surface area (Å²) in [5.41, 5.74) is 12.9. The van der Waals surface area contributed by atoms with Crippen molar-refractivity contribution in [3.63, 3.8) is 0 Å². The molecular weight excluding hydrogens is 500 g/mol. The van der Waals surface area contributed by atoms with Gasteiger partial charge in [0.25, 0.3) is 10.0 Å². The van der Waals surface area contributed by atoms with Crippen LogP contribution in [-0.2, 0) is 27.8 Å². The summed E-state index contributed by atoms with van der Waals surface area (Å²) in [6, 6.07) is 20.3. The van der Waals surface area contributed by atoms with E-state index in [9.17, 15) is 13.2 Å². The number of carbonyl (C=O) groups excluding carboxylic acids is 1. The number of nitrogens with two attached hydrogens (primary N) is 2. The normalized spacial score (nSPS) is 16.1. The third kappa shape index (κ3) is 5.04. The highest BCUT2D eigenvalue weighted by Gasteiger charge is 2.27. The van der Waals surface area contributed by atoms with E-state index in [-0.39, 0.29) is 23.2 Å². The lowest BCUT2D eigenvalue weighted by molar-refractivity contribution is -0.117. The molecule has 6 N–H and O–H groups in total. The van der Waals surface area contributed by atoms with E-state index >= 15 is 0 Å². The number of sulfonamides is 1. The smallest absolute Gasteiger partial charge is 0.263 e. The molecule has 1 aliphatic rings. The van der Waals surface area contributed by atoms with Crippen LogP contribution in [0.2, 0.25) is 0 Å². The number of nitrogens with one attached hydrogen (secondary N) is 2. The van der Waals surface area contributed by atoms with Crippen LogP contribution in [0.15, 0.2) is 71.6 Å². The van der Waals surface area contributed by atoms with Crippen molar-refractivity contribution in [1.82, 2.24) is 9.47 Å². The SMILES string of the molecule is N=C(N)N1CCC[C@@H](Cn2c(NS(=O)(=O)c3cccc4ccccc34)c(CCC(N)=O)c3ccccc32)C1. The molecule has 1 saturated heterocycles. The lowest BCUT2D eigenvalue weighted by Crippen LogP contribution is -2.44. The van der Waals surface area contributed by atoms with Gasteiger partial charge >= 0.3 is 0 Å². The van der Waals surface area contributed by atoms with E-state index in [1.165, 1.54) is 0 Å². The Morgan fingerprint density at radius 3 is 2.47 bits per heavy atom. The number of primary amides is 1. The molecular formula is C28H32N6O3S. The number of piperidine rings is 1. The Labute approximate surface area is 222 Å². The van der Waals surface area contributed by atoms with Gasteiger partial charge in [-0.1, -0.05) is 54.6 Å². The zero-order valence-electron chi connectivity index (χ0n) is 21.1. The highest BCUT2D eigenvalue weighted by molar-refractivity contribution is 7.93. The van der Waals surface area contributed by atoms with E-state index in [0.717, 1.165) is 41.2 Å². The zero-order chi connectivity index (χ0) is 26.9. The van der Waals surface area contributed by atoms with Crippen molar-refractivity contribution in [1.29, 1.82) is 5.41 Å². The fourth-order valence-corrected chi connectivity index (χ4v) is 6.82. The average Bonchev–Trinajstić information content (AvgIpc) is 3.18. The topological polar surface area (TPSA) is 147 Å². The Bertz CT molecular complexity index is 1620. The molecule has 0 unspecified atom stereocenters. The Kier molecular flexibility index (Phi) is 6.98. The lowest BCUT2D eigenvalue weighted by atomic mass is 9.98. The fourth-order valence-electron chi connectivity index (χ4n) is 5.49. The molecule has 10 heteroatoms. The van der Waals surface area contributed by atoms with E-state index in [2.05, 4.69) is 4.72 Å². The van der Waals surface area contributed by atoms with Gasteiger partial charge < -0.3 is 20.9 Å². The molecule has 2 heterocycles. The van der Waals surface area contributed by atoms with Gasteiger partial charge in [-0.3, -0.25) is 14.9 Å². The van der Waals surface area contributed by atoms with Crippen molar-refractivity contribution >= 4 is 49.4 Å². The molecule has 3 aromatic carbocycles. The number of benzene rings is 3. The minimum Gasteiger partial charge on any atom is -0.370 e. The van der Waals surface area contributed by atoms with Gasteiger partial charge in [0.15, 0.2) is 5.96 Å². The van der Waals surface area contributed by atoms with Gasteiger partial charge in [-0.25, -0.2) is 8.42 Å². The van der Waals surface area contributed by atoms with Crippen LogP contribution in [0.25, 0.3) is 21.7 Å². The van der Waals surface area contributed by atoms with Crippen LogP contribution < -0.4 is 16.2 Å². The molecule has 0 aliphatic carbocycles. The molecule has 38 heavy (non-hydrogen) atoms. The predicted octanol–water partition coefficient (Wildman–Crippen LogP) is 3.62. The molecule has 1 aromatic heterocycles. The number of hydrogen-bond acceptors (Lipinski definition) is 4. The van der Waals surface area contributed by atoms with Gasteiger partial charge in [0, 0.05) is 47.9 Å². The van der Waals surface area contributed by atoms with Crippen molar-refractivity contribution in [2.24, 2.45) is 17.4 Å². The number of anilines is 1. The number of para-hydroxylation sites is 1. The molecule has 1 amide bonds. The third-order valence-corrected chi connectivity index (χ3v) is 8.66. The zero-order valence-corrected chi connectivity index (χ0v) is 21.9. The number of aromatic nitrogens is 1. The highest BCUT2D eigenvalue weighted by Crippen LogP contribution is 2.35. The van der Waals surface area contributed by atoms with Crippen molar-refractivity contribution in [2.75, 3.05) is 17.8 Å². The first-order chi connectivity index (χ1) is 18.2. The van der Waals surface area contributed by atoms with E-state index in [4.69, 9.17) is 16.9 Å². The number of amides is 1. The van der Waals surface area contributed by atoms with Gasteiger partial charge in [-0.15, -0.1) is 0 Å². The summed E-state index contributed by atoms with van der Waals surface area (Å²) in [5, 5.41) is 10.2. The second-order valence-electron chi connectivity index (χ2n) is 9.84. The average molecular weight is 533 g/mol. The Morgan fingerprint density at radius 1 is 1.00 bits per heavy atom. The monoisotopic (exact) mass is 532 g/mol. The maximum absolute atomic E-state index is 13.9. The highest BCUT2D eigenvalue weighted by atomic mass is 32.2. The minimum absolute atomic E-state index is 0.0473. The molecule has 1 fully saturated rings. The number of fused-ring (bicyclic) bond motifs is 2. The first-order valence-corrected chi connectivity index (χ1v) is 14.2. The van der Waals surface area contributed by atoms with Crippen LogP contribution in [0.5, 0.6) is 0 Å². The Balaban J connectivity index is 1.62. The van der Waals surface area contributed by atoms with E-state index in [0.29, 0.717) is 30.7 Å². The second-order valence-corrected chi connectivity index (χ2v) is 11.5. The fraction of sp³-hybridized carbons (Fsp3) is 0.286. The lowest BCUT2D eigenvalue weighted by Gasteiger charge is -2.33. The van der Waals surface area contributed by atoms with Gasteiger partial charge in [-0.2, -0.15) is 0 Å². The molecule has 4 aromatic rings. The molecule has 9 nitrogen and oxygen atoms in total. The van der Waals surface area contributed by atoms with E-state index in [1.807, 2.05) is 58.0 Å². The number of aryl methyl sites for hydroxylation is 1. The molecule has 198 valence electrons. The van der Waals surface area contributed by atoms with Gasteiger partial charge in [-0.05, 0) is 42.7 Å². The molecule has 1 atom stereocenters. The van der Waals surface area contributed by atoms with Crippen LogP contribution in [0.1, 0.15) is 24.8 Å². The summed E-state index contributed by atoms with van der Waals surface area (Å²) in [4.78, 5) is 13.8. The van der Waals surface area contributed by atoms with Crippen molar-refractivity contribution in [3.8, 4) is 0 Å². The van der Waals surface area contributed by atoms with Gasteiger partial charge in [0.1, 0.15) is 5.82 Å². The maximum atomic E-state index is 13.9. The summed E-state index contributed by atoms with van der Waals surface area (Å²) in [5.74, 6) is 0.203. The first kappa shape index (κ1) is 25.6. The summed E-state index contributed by atoms with van der Waals surface area (Å²) in [6.07, 6.45) is 2.23. The summed E-state index contributed by atoms with van der Waals surface area (Å²) in [7, 11) is -3.99. The first-order valence-electron chi connectivity index (χ1n) is 12.7. The van der Waals surface area contributed by atoms with E-state index < -0.39 is 15.9 Å². The van der Waals surface area contributed by atoms with Crippen LogP contribution in [0.4, 0.5) is 5.82 Å². The standard InChI is InChI=1S/C28H32N6O3S/c29-26(35)15-14-23-22-11-3-4-12-24(22)34(18-19-7-6-16-33(17-19)28(30)31)27(23)32-38(36,37)25-13-5-9-20-8-1-2-10-21(20)25/h1-5,8-13,19,32H,6-7,14-18H2,(H2,29,35)(H3,30,31)/t19-/m1/s1. The third-order valence-electron chi connectivity index (χ3n) is 7.27. The number of likely N-dealkylation sites (tertiary alicyclic amines) is 1. The second kappa shape index (κ2) is 10.4. The number of guanidine groups is 1. The molecule has 5 rings (SSSR count).